The molecule has 302 valence electrons. The topological polar surface area (TPSA) is 3.24 Å². The summed E-state index contributed by atoms with van der Waals surface area (Å²) in [6, 6.07) is 94.2. The van der Waals surface area contributed by atoms with Crippen LogP contribution in [0.15, 0.2) is 255 Å². The zero-order valence-corrected chi connectivity index (χ0v) is 35.7. The second-order valence-electron chi connectivity index (χ2n) is 17.3. The Bertz CT molecular complexity index is 3300. The van der Waals surface area contributed by atoms with Crippen molar-refractivity contribution >= 4 is 17.1 Å². The lowest BCUT2D eigenvalue weighted by Crippen LogP contribution is -2.28. The highest BCUT2D eigenvalue weighted by Crippen LogP contribution is 2.58. The first kappa shape index (κ1) is 37.7. The zero-order chi connectivity index (χ0) is 42.7. The Labute approximate surface area is 376 Å². The quantitative estimate of drug-likeness (QED) is 0.148. The van der Waals surface area contributed by atoms with Gasteiger partial charge in [-0.3, -0.25) is 0 Å². The van der Waals surface area contributed by atoms with Crippen molar-refractivity contribution in [2.45, 2.75) is 17.8 Å². The average molecular weight is 816 g/mol. The fraction of sp³-hybridized carbons (Fsp3) is 0.0476. The maximum atomic E-state index is 2.49. The highest BCUT2D eigenvalue weighted by Gasteiger charge is 2.46. The van der Waals surface area contributed by atoms with E-state index in [4.69, 9.17) is 0 Å². The smallest absolute Gasteiger partial charge is 0.0713 e. The number of rotatable bonds is 8. The summed E-state index contributed by atoms with van der Waals surface area (Å²) < 4.78 is 0. The summed E-state index contributed by atoms with van der Waals surface area (Å²) in [5.74, 6) is 0. The van der Waals surface area contributed by atoms with E-state index in [0.29, 0.717) is 0 Å². The molecule has 2 aliphatic rings. The molecule has 2 aliphatic carbocycles. The van der Waals surface area contributed by atoms with Crippen LogP contribution in [-0.4, -0.2) is 0 Å². The molecule has 10 aromatic carbocycles. The van der Waals surface area contributed by atoms with Crippen molar-refractivity contribution in [3.8, 4) is 44.5 Å². The van der Waals surface area contributed by atoms with Gasteiger partial charge in [-0.15, -0.1) is 0 Å². The van der Waals surface area contributed by atoms with Crippen LogP contribution in [0.5, 0.6) is 0 Å². The van der Waals surface area contributed by atoms with E-state index in [1.807, 2.05) is 0 Å². The lowest BCUT2D eigenvalue weighted by molar-refractivity contribution is 0.714. The van der Waals surface area contributed by atoms with Crippen LogP contribution in [0.4, 0.5) is 17.1 Å². The van der Waals surface area contributed by atoms with Crippen molar-refractivity contribution in [1.29, 1.82) is 0 Å². The van der Waals surface area contributed by atoms with Gasteiger partial charge in [-0.05, 0) is 121 Å². The van der Waals surface area contributed by atoms with Crippen molar-refractivity contribution in [2.24, 2.45) is 0 Å². The summed E-state index contributed by atoms with van der Waals surface area (Å²) in [6.07, 6.45) is 0. The van der Waals surface area contributed by atoms with E-state index < -0.39 is 5.41 Å². The minimum Gasteiger partial charge on any atom is -0.310 e. The second kappa shape index (κ2) is 15.1. The van der Waals surface area contributed by atoms with Crippen LogP contribution in [0.2, 0.25) is 0 Å². The van der Waals surface area contributed by atoms with E-state index in [9.17, 15) is 0 Å². The molecule has 0 saturated heterocycles. The van der Waals surface area contributed by atoms with Crippen LogP contribution < -0.4 is 4.90 Å². The lowest BCUT2D eigenvalue weighted by Gasteiger charge is -2.34. The van der Waals surface area contributed by atoms with Gasteiger partial charge in [-0.1, -0.05) is 218 Å². The predicted octanol–water partition coefficient (Wildman–Crippen LogP) is 16.2. The van der Waals surface area contributed by atoms with Gasteiger partial charge >= 0.3 is 0 Å². The second-order valence-corrected chi connectivity index (χ2v) is 17.3. The molecule has 0 saturated carbocycles. The van der Waals surface area contributed by atoms with E-state index in [0.717, 1.165) is 22.6 Å². The molecule has 0 aliphatic heterocycles. The Morgan fingerprint density at radius 3 is 1.45 bits per heavy atom. The number of fused-ring (bicyclic) bond motifs is 6. The Hall–Kier alpha value is -8.00. The first-order valence-electron chi connectivity index (χ1n) is 22.3. The Morgan fingerprint density at radius 2 is 0.766 bits per heavy atom. The third kappa shape index (κ3) is 5.71. The summed E-state index contributed by atoms with van der Waals surface area (Å²) in [4.78, 5) is 2.49. The summed E-state index contributed by atoms with van der Waals surface area (Å²) >= 11 is 0. The van der Waals surface area contributed by atoms with Gasteiger partial charge in [0, 0.05) is 22.4 Å². The molecule has 1 unspecified atom stereocenters. The minimum absolute atomic E-state index is 0.340. The maximum Gasteiger partial charge on any atom is 0.0713 e. The standard InChI is InChI=1S/C63H45N/c1-62(47-24-8-3-9-25-47)57-34-17-14-32-53(57)55-40-38-51(43-59(55)62)64(50-30-20-23-45(41-50)44-21-6-2-7-22-44)61-36-19-16-31-52(61)46-37-39-56-54-33-15-18-35-58(54)63(60(56)42-46,48-26-10-4-11-27-48)49-28-12-5-13-29-49/h2-43H,1H3. The number of hydrogen-bond donors (Lipinski definition) is 0. The molecule has 64 heavy (non-hydrogen) atoms. The van der Waals surface area contributed by atoms with Crippen LogP contribution in [0.1, 0.15) is 45.9 Å². The molecule has 0 heterocycles. The molecule has 10 aromatic rings. The van der Waals surface area contributed by atoms with Crippen molar-refractivity contribution < 1.29 is 0 Å². The molecule has 1 nitrogen and oxygen atoms in total. The van der Waals surface area contributed by atoms with Gasteiger partial charge in [0.25, 0.3) is 0 Å². The third-order valence-corrected chi connectivity index (χ3v) is 14.0. The van der Waals surface area contributed by atoms with Crippen LogP contribution in [0, 0.1) is 0 Å². The molecule has 0 amide bonds. The molecule has 0 aromatic heterocycles. The van der Waals surface area contributed by atoms with Gasteiger partial charge in [0.15, 0.2) is 0 Å². The molecule has 12 rings (SSSR count). The highest BCUT2D eigenvalue weighted by molar-refractivity contribution is 5.94. The number of hydrogen-bond acceptors (Lipinski definition) is 1. The van der Waals surface area contributed by atoms with Crippen LogP contribution in [0.3, 0.4) is 0 Å². The van der Waals surface area contributed by atoms with E-state index in [-0.39, 0.29) is 5.41 Å². The lowest BCUT2D eigenvalue weighted by atomic mass is 9.67. The number of anilines is 3. The molecule has 0 N–H and O–H groups in total. The summed E-state index contributed by atoms with van der Waals surface area (Å²) in [6.45, 7) is 2.40. The van der Waals surface area contributed by atoms with E-state index in [1.54, 1.807) is 0 Å². The fourth-order valence-corrected chi connectivity index (χ4v) is 11.1. The van der Waals surface area contributed by atoms with Gasteiger partial charge < -0.3 is 4.90 Å². The SMILES string of the molecule is CC1(c2ccccc2)c2ccccc2-c2ccc(N(c3cccc(-c4ccccc4)c3)c3ccccc3-c3ccc4c(c3)C(c3ccccc3)(c3ccccc3)c3ccccc3-4)cc21. The number of para-hydroxylation sites is 1. The van der Waals surface area contributed by atoms with Gasteiger partial charge in [0.2, 0.25) is 0 Å². The summed E-state index contributed by atoms with van der Waals surface area (Å²) in [5, 5.41) is 0. The van der Waals surface area contributed by atoms with Gasteiger partial charge in [0.05, 0.1) is 11.1 Å². The van der Waals surface area contributed by atoms with E-state index >= 15 is 0 Å². The summed E-state index contributed by atoms with van der Waals surface area (Å²) in [5.41, 5.74) is 21.4. The molecule has 1 heteroatoms. The first-order valence-corrected chi connectivity index (χ1v) is 22.3. The van der Waals surface area contributed by atoms with Crippen molar-refractivity contribution in [1.82, 2.24) is 0 Å². The van der Waals surface area contributed by atoms with Gasteiger partial charge in [-0.25, -0.2) is 0 Å². The number of benzene rings is 10. The van der Waals surface area contributed by atoms with E-state index in [1.165, 1.54) is 77.9 Å². The third-order valence-electron chi connectivity index (χ3n) is 14.0. The average Bonchev–Trinajstić information content (AvgIpc) is 3.82. The van der Waals surface area contributed by atoms with E-state index in [2.05, 4.69) is 267 Å². The predicted molar refractivity (Wildman–Crippen MR) is 267 cm³/mol. The fourth-order valence-electron chi connectivity index (χ4n) is 11.1. The van der Waals surface area contributed by atoms with Gasteiger partial charge in [-0.2, -0.15) is 0 Å². The van der Waals surface area contributed by atoms with Crippen LogP contribution in [0.25, 0.3) is 44.5 Å². The highest BCUT2D eigenvalue weighted by atomic mass is 15.1. The van der Waals surface area contributed by atoms with Crippen LogP contribution in [-0.2, 0) is 10.8 Å². The van der Waals surface area contributed by atoms with Crippen molar-refractivity contribution in [2.75, 3.05) is 4.90 Å². The molecule has 0 bridgehead atoms. The minimum atomic E-state index is -0.500. The van der Waals surface area contributed by atoms with Crippen LogP contribution >= 0.6 is 0 Å². The number of nitrogens with zero attached hydrogens (tertiary/aromatic N) is 1. The van der Waals surface area contributed by atoms with Crippen molar-refractivity contribution in [3.63, 3.8) is 0 Å². The maximum absolute atomic E-state index is 2.49. The monoisotopic (exact) mass is 815 g/mol. The van der Waals surface area contributed by atoms with Gasteiger partial charge in [0.1, 0.15) is 0 Å². The molecule has 0 fully saturated rings. The molecule has 0 spiro atoms. The zero-order valence-electron chi connectivity index (χ0n) is 35.7. The van der Waals surface area contributed by atoms with Crippen molar-refractivity contribution in [3.05, 3.63) is 294 Å². The summed E-state index contributed by atoms with van der Waals surface area (Å²) in [7, 11) is 0. The first-order chi connectivity index (χ1) is 31.6. The molecule has 0 radical (unpaired) electrons. The molecule has 1 atom stereocenters. The Morgan fingerprint density at radius 1 is 0.281 bits per heavy atom. The normalized spacial score (nSPS) is 15.1. The molecular weight excluding hydrogens is 771 g/mol. The Kier molecular flexibility index (Phi) is 8.91. The largest absolute Gasteiger partial charge is 0.310 e. The molecular formula is C63H45N. The Balaban J connectivity index is 1.10.